The molecule has 0 fully saturated rings. The van der Waals surface area contributed by atoms with Crippen LogP contribution in [0.2, 0.25) is 0 Å². The minimum absolute atomic E-state index is 0.0482. The molecule has 1 amide bonds. The van der Waals surface area contributed by atoms with E-state index in [-0.39, 0.29) is 18.9 Å². The Morgan fingerprint density at radius 1 is 1.47 bits per heavy atom. The first-order valence-electron chi connectivity index (χ1n) is 5.79. The fraction of sp³-hybridized carbons (Fsp3) is 0.462. The van der Waals surface area contributed by atoms with Crippen LogP contribution in [-0.2, 0) is 17.8 Å². The van der Waals surface area contributed by atoms with Gasteiger partial charge in [-0.3, -0.25) is 4.79 Å². The maximum Gasteiger partial charge on any atom is 0.225 e. The molecule has 1 N–H and O–H groups in total. The van der Waals surface area contributed by atoms with Crippen molar-refractivity contribution in [3.8, 4) is 0 Å². The smallest absolute Gasteiger partial charge is 0.225 e. The van der Waals surface area contributed by atoms with Crippen LogP contribution in [0.3, 0.4) is 0 Å². The van der Waals surface area contributed by atoms with Crippen molar-refractivity contribution >= 4 is 17.7 Å². The topological polar surface area (TPSA) is 40.5 Å². The highest BCUT2D eigenvalue weighted by molar-refractivity contribution is 7.98. The van der Waals surface area contributed by atoms with Gasteiger partial charge in [-0.1, -0.05) is 6.07 Å². The number of carbonyl (C=O) groups is 1. The number of amides is 1. The molecule has 92 valence electrons. The van der Waals surface area contributed by atoms with Gasteiger partial charge in [0.05, 0.1) is 6.61 Å². The Kier molecular flexibility index (Phi) is 4.07. The summed E-state index contributed by atoms with van der Waals surface area (Å²) in [6.45, 7) is 1.39. The first-order valence-corrected chi connectivity index (χ1v) is 7.01. The van der Waals surface area contributed by atoms with Gasteiger partial charge in [0.25, 0.3) is 0 Å². The number of fused-ring (bicyclic) bond motifs is 1. The summed E-state index contributed by atoms with van der Waals surface area (Å²) in [4.78, 5) is 14.8. The Morgan fingerprint density at radius 3 is 3.00 bits per heavy atom. The van der Waals surface area contributed by atoms with Gasteiger partial charge in [-0.25, -0.2) is 0 Å². The Morgan fingerprint density at radius 2 is 2.29 bits per heavy atom. The van der Waals surface area contributed by atoms with E-state index in [9.17, 15) is 4.79 Å². The maximum absolute atomic E-state index is 11.7. The zero-order chi connectivity index (χ0) is 12.3. The van der Waals surface area contributed by atoms with E-state index in [1.54, 1.807) is 11.8 Å². The van der Waals surface area contributed by atoms with Crippen LogP contribution in [0.5, 0.6) is 0 Å². The van der Waals surface area contributed by atoms with Crippen molar-refractivity contribution in [1.82, 2.24) is 4.90 Å². The van der Waals surface area contributed by atoms with E-state index in [1.165, 1.54) is 16.0 Å². The van der Waals surface area contributed by atoms with Crippen molar-refractivity contribution in [2.75, 3.05) is 19.4 Å². The van der Waals surface area contributed by atoms with Gasteiger partial charge in [-0.05, 0) is 35.9 Å². The monoisotopic (exact) mass is 251 g/mol. The second-order valence-electron chi connectivity index (χ2n) is 4.17. The Hall–Kier alpha value is -1.00. The first kappa shape index (κ1) is 12.5. The van der Waals surface area contributed by atoms with E-state index in [0.717, 1.165) is 13.0 Å². The normalized spacial score (nSPS) is 14.6. The zero-order valence-electron chi connectivity index (χ0n) is 9.98. The number of nitrogens with zero attached hydrogens (tertiary/aromatic N) is 1. The molecule has 1 heterocycles. The van der Waals surface area contributed by atoms with Crippen LogP contribution in [0.4, 0.5) is 0 Å². The van der Waals surface area contributed by atoms with Crippen molar-refractivity contribution in [3.63, 3.8) is 0 Å². The third-order valence-corrected chi connectivity index (χ3v) is 3.83. The number of aliphatic hydroxyl groups excluding tert-OH is 1. The summed E-state index contributed by atoms with van der Waals surface area (Å²) in [7, 11) is 0. The van der Waals surface area contributed by atoms with Crippen molar-refractivity contribution in [3.05, 3.63) is 29.3 Å². The van der Waals surface area contributed by atoms with Crippen LogP contribution < -0.4 is 0 Å². The van der Waals surface area contributed by atoms with Crippen LogP contribution in [-0.4, -0.2) is 35.3 Å². The number of rotatable bonds is 3. The van der Waals surface area contributed by atoms with Gasteiger partial charge >= 0.3 is 0 Å². The van der Waals surface area contributed by atoms with Crippen LogP contribution >= 0.6 is 11.8 Å². The maximum atomic E-state index is 11.7. The molecule has 0 saturated heterocycles. The second-order valence-corrected chi connectivity index (χ2v) is 5.05. The summed E-state index contributed by atoms with van der Waals surface area (Å²) in [6.07, 6.45) is 3.22. The fourth-order valence-corrected chi connectivity index (χ4v) is 2.59. The van der Waals surface area contributed by atoms with Crippen LogP contribution in [0.25, 0.3) is 0 Å². The molecule has 2 rings (SSSR count). The second kappa shape index (κ2) is 5.56. The number of hydrogen-bond acceptors (Lipinski definition) is 3. The minimum Gasteiger partial charge on any atom is -0.396 e. The molecule has 1 aromatic carbocycles. The van der Waals surface area contributed by atoms with Crippen molar-refractivity contribution < 1.29 is 9.90 Å². The molecule has 0 saturated carbocycles. The average Bonchev–Trinajstić information content (AvgIpc) is 2.37. The Labute approximate surface area is 106 Å². The highest BCUT2D eigenvalue weighted by atomic mass is 32.2. The highest BCUT2D eigenvalue weighted by Crippen LogP contribution is 2.24. The standard InChI is InChI=1S/C13H17NO2S/c1-17-12-3-2-11-9-14(13(16)5-7-15)6-4-10(11)8-12/h2-3,8,15H,4-7,9H2,1H3. The molecule has 1 aromatic rings. The molecule has 17 heavy (non-hydrogen) atoms. The van der Waals surface area contributed by atoms with Gasteiger partial charge in [0, 0.05) is 24.4 Å². The fourth-order valence-electron chi connectivity index (χ4n) is 2.12. The van der Waals surface area contributed by atoms with Gasteiger partial charge in [-0.2, -0.15) is 0 Å². The van der Waals surface area contributed by atoms with Crippen molar-refractivity contribution in [2.45, 2.75) is 24.3 Å². The first-order chi connectivity index (χ1) is 8.24. The van der Waals surface area contributed by atoms with Crippen LogP contribution in [0.15, 0.2) is 23.1 Å². The highest BCUT2D eigenvalue weighted by Gasteiger charge is 2.20. The van der Waals surface area contributed by atoms with Crippen LogP contribution in [0, 0.1) is 0 Å². The molecule has 0 aromatic heterocycles. The molecule has 3 nitrogen and oxygen atoms in total. The lowest BCUT2D eigenvalue weighted by Crippen LogP contribution is -2.36. The van der Waals surface area contributed by atoms with E-state index in [0.29, 0.717) is 6.54 Å². The SMILES string of the molecule is CSc1ccc2c(c1)CCN(C(=O)CCO)C2. The summed E-state index contributed by atoms with van der Waals surface area (Å²) in [6, 6.07) is 6.43. The number of benzene rings is 1. The lowest BCUT2D eigenvalue weighted by molar-refractivity contribution is -0.132. The van der Waals surface area contributed by atoms with E-state index in [1.807, 2.05) is 4.90 Å². The Bertz CT molecular complexity index is 420. The number of hydrogen-bond donors (Lipinski definition) is 1. The van der Waals surface area contributed by atoms with Gasteiger partial charge in [0.1, 0.15) is 0 Å². The molecule has 0 spiro atoms. The predicted octanol–water partition coefficient (Wildman–Crippen LogP) is 1.68. The van der Waals surface area contributed by atoms with Crippen LogP contribution in [0.1, 0.15) is 17.5 Å². The number of thioether (sulfide) groups is 1. The summed E-state index contributed by atoms with van der Waals surface area (Å²) in [5, 5.41) is 8.78. The van der Waals surface area contributed by atoms with Crippen molar-refractivity contribution in [1.29, 1.82) is 0 Å². The molecule has 0 unspecified atom stereocenters. The molecule has 1 aliphatic heterocycles. The summed E-state index contributed by atoms with van der Waals surface area (Å²) < 4.78 is 0. The third kappa shape index (κ3) is 2.82. The van der Waals surface area contributed by atoms with E-state index in [4.69, 9.17) is 5.11 Å². The quantitative estimate of drug-likeness (QED) is 0.831. The summed E-state index contributed by atoms with van der Waals surface area (Å²) >= 11 is 1.74. The average molecular weight is 251 g/mol. The predicted molar refractivity (Wildman–Crippen MR) is 69.0 cm³/mol. The number of carbonyl (C=O) groups excluding carboxylic acids is 1. The molecular weight excluding hydrogens is 234 g/mol. The molecule has 1 aliphatic rings. The van der Waals surface area contributed by atoms with E-state index >= 15 is 0 Å². The molecular formula is C13H17NO2S. The van der Waals surface area contributed by atoms with E-state index < -0.39 is 0 Å². The lowest BCUT2D eigenvalue weighted by atomic mass is 10.00. The molecule has 0 atom stereocenters. The summed E-state index contributed by atoms with van der Waals surface area (Å²) in [5.41, 5.74) is 2.59. The Balaban J connectivity index is 2.11. The minimum atomic E-state index is -0.0619. The van der Waals surface area contributed by atoms with E-state index in [2.05, 4.69) is 24.5 Å². The van der Waals surface area contributed by atoms with Gasteiger partial charge in [0.15, 0.2) is 0 Å². The molecule has 0 aliphatic carbocycles. The third-order valence-electron chi connectivity index (χ3n) is 3.10. The lowest BCUT2D eigenvalue weighted by Gasteiger charge is -2.29. The number of aliphatic hydroxyl groups is 1. The van der Waals surface area contributed by atoms with Crippen molar-refractivity contribution in [2.24, 2.45) is 0 Å². The van der Waals surface area contributed by atoms with Gasteiger partial charge in [0.2, 0.25) is 5.91 Å². The largest absolute Gasteiger partial charge is 0.396 e. The molecule has 4 heteroatoms. The summed E-state index contributed by atoms with van der Waals surface area (Å²) in [5.74, 6) is 0.0482. The van der Waals surface area contributed by atoms with Gasteiger partial charge in [-0.15, -0.1) is 11.8 Å². The molecule has 0 bridgehead atoms. The zero-order valence-corrected chi connectivity index (χ0v) is 10.8. The molecule has 0 radical (unpaired) electrons. The van der Waals surface area contributed by atoms with Gasteiger partial charge < -0.3 is 10.0 Å².